The number of hydrogen-bond acceptors (Lipinski definition) is 2. The fraction of sp³-hybridized carbons (Fsp3) is 0.400. The van der Waals surface area contributed by atoms with Crippen molar-refractivity contribution >= 4 is 23.6 Å². The van der Waals surface area contributed by atoms with Gasteiger partial charge in [-0.3, -0.25) is 4.99 Å². The third kappa shape index (κ3) is 4.98. The molecule has 0 aromatic heterocycles. The van der Waals surface area contributed by atoms with Crippen molar-refractivity contribution in [3.63, 3.8) is 0 Å². The normalized spacial score (nSPS) is 10.4. The molecule has 9 heavy (non-hydrogen) atoms. The predicted octanol–water partition coefficient (Wildman–Crippen LogP) is 1.20. The molecule has 0 saturated heterocycles. The highest BCUT2D eigenvalue weighted by Crippen LogP contribution is 1.87. The molecule has 48 valence electrons. The Balaban J connectivity index is 3.46. The summed E-state index contributed by atoms with van der Waals surface area (Å²) in [5, 5.41) is 8.16. The molecule has 0 rings (SSSR count). The van der Waals surface area contributed by atoms with Crippen molar-refractivity contribution in [3.05, 3.63) is 0 Å². The fourth-order valence-electron chi connectivity index (χ4n) is 0.248. The van der Waals surface area contributed by atoms with Gasteiger partial charge in [-0.15, -0.1) is 0 Å². The van der Waals surface area contributed by atoms with Crippen LogP contribution in [0.1, 0.15) is 6.42 Å². The first-order chi connectivity index (χ1) is 4.31. The summed E-state index contributed by atoms with van der Waals surface area (Å²) in [4.78, 5) is 6.98. The summed E-state index contributed by atoms with van der Waals surface area (Å²) in [6.07, 6.45) is 0.367. The lowest BCUT2D eigenvalue weighted by atomic mass is 10.5. The van der Waals surface area contributed by atoms with Crippen molar-refractivity contribution in [1.29, 1.82) is 5.26 Å². The maximum atomic E-state index is 8.04. The smallest absolute Gasteiger partial charge is 0.217 e. The third-order valence-corrected chi connectivity index (χ3v) is 0.835. The quantitative estimate of drug-likeness (QED) is 0.248. The van der Waals surface area contributed by atoms with Gasteiger partial charge in [0.2, 0.25) is 5.29 Å². The number of hydrogen-bond donors (Lipinski definition) is 0. The topological polar surface area (TPSA) is 48.5 Å². The highest BCUT2D eigenvalue weighted by atomic mass is 35.5. The molecule has 4 heteroatoms. The van der Waals surface area contributed by atoms with E-state index < -0.39 is 0 Å². The monoisotopic (exact) mass is 143 g/mol. The molecule has 0 heterocycles. The van der Waals surface area contributed by atoms with Crippen molar-refractivity contribution in [2.75, 3.05) is 6.54 Å². The fourth-order valence-corrected chi connectivity index (χ4v) is 0.333. The van der Waals surface area contributed by atoms with Crippen LogP contribution in [-0.2, 0) is 0 Å². The van der Waals surface area contributed by atoms with Crippen molar-refractivity contribution < 1.29 is 0 Å². The van der Waals surface area contributed by atoms with Crippen molar-refractivity contribution in [1.82, 2.24) is 0 Å². The minimum Gasteiger partial charge on any atom is -0.255 e. The molecule has 0 aliphatic heterocycles. The number of amidine groups is 1. The molecule has 0 spiro atoms. The minimum absolute atomic E-state index is 0.116. The number of aliphatic imine (C=N–C) groups is 2. The first-order valence-electron chi connectivity index (χ1n) is 2.35. The average Bonchev–Trinajstić information content (AvgIpc) is 1.89. The lowest BCUT2D eigenvalue weighted by Crippen LogP contribution is -1.83. The Hall–Kier alpha value is -0.880. The molecular weight excluding hydrogens is 138 g/mol. The van der Waals surface area contributed by atoms with Crippen LogP contribution in [0.5, 0.6) is 0 Å². The second-order valence-electron chi connectivity index (χ2n) is 1.22. The van der Waals surface area contributed by atoms with Gasteiger partial charge in [0, 0.05) is 0 Å². The highest BCUT2D eigenvalue weighted by molar-refractivity contribution is 6.65. The number of nitriles is 1. The van der Waals surface area contributed by atoms with Crippen LogP contribution in [0.25, 0.3) is 0 Å². The number of nitrogens with zero attached hydrogens (tertiary/aromatic N) is 3. The largest absolute Gasteiger partial charge is 0.255 e. The van der Waals surface area contributed by atoms with E-state index >= 15 is 0 Å². The van der Waals surface area contributed by atoms with Crippen molar-refractivity contribution in [3.8, 4) is 6.07 Å². The second-order valence-corrected chi connectivity index (χ2v) is 1.56. The molecule has 0 N–H and O–H groups in total. The van der Waals surface area contributed by atoms with Crippen LogP contribution in [0.2, 0.25) is 0 Å². The average molecular weight is 144 g/mol. The Kier molecular flexibility index (Phi) is 4.75. The van der Waals surface area contributed by atoms with Crippen LogP contribution in [0.15, 0.2) is 9.98 Å². The van der Waals surface area contributed by atoms with E-state index in [0.717, 1.165) is 0 Å². The van der Waals surface area contributed by atoms with Gasteiger partial charge < -0.3 is 0 Å². The van der Waals surface area contributed by atoms with Crippen molar-refractivity contribution in [2.45, 2.75) is 6.42 Å². The minimum atomic E-state index is 0.116. The molecule has 3 nitrogen and oxygen atoms in total. The molecule has 0 unspecified atom stereocenters. The SMILES string of the molecule is C=NC(Cl)=NCCC#N. The predicted molar refractivity (Wildman–Crippen MR) is 37.9 cm³/mol. The molecule has 0 saturated carbocycles. The van der Waals surface area contributed by atoms with Crippen LogP contribution >= 0.6 is 11.6 Å². The van der Waals surface area contributed by atoms with E-state index in [4.69, 9.17) is 16.9 Å². The second kappa shape index (κ2) is 5.26. The maximum Gasteiger partial charge on any atom is 0.217 e. The number of halogens is 1. The summed E-state index contributed by atoms with van der Waals surface area (Å²) < 4.78 is 0. The van der Waals surface area contributed by atoms with E-state index in [-0.39, 0.29) is 5.29 Å². The van der Waals surface area contributed by atoms with E-state index in [1.807, 2.05) is 6.07 Å². The zero-order valence-corrected chi connectivity index (χ0v) is 5.60. The lowest BCUT2D eigenvalue weighted by Gasteiger charge is -1.83. The Bertz CT molecular complexity index is 156. The molecule has 0 bridgehead atoms. The Labute approximate surface area is 58.7 Å². The molecule has 0 fully saturated rings. The summed E-state index contributed by atoms with van der Waals surface area (Å²) in [6, 6.07) is 1.92. The van der Waals surface area contributed by atoms with E-state index in [2.05, 4.69) is 16.7 Å². The first-order valence-corrected chi connectivity index (χ1v) is 2.72. The van der Waals surface area contributed by atoms with Crippen LogP contribution in [0.3, 0.4) is 0 Å². The van der Waals surface area contributed by atoms with Crippen LogP contribution in [0, 0.1) is 11.3 Å². The molecular formula is C5H6ClN3. The van der Waals surface area contributed by atoms with Gasteiger partial charge in [-0.25, -0.2) is 4.99 Å². The zero-order chi connectivity index (χ0) is 7.11. The molecule has 0 aromatic rings. The third-order valence-electron chi connectivity index (χ3n) is 0.596. The van der Waals surface area contributed by atoms with E-state index in [1.165, 1.54) is 0 Å². The summed E-state index contributed by atoms with van der Waals surface area (Å²) in [6.45, 7) is 3.54. The van der Waals surface area contributed by atoms with Gasteiger partial charge in [-0.05, 0) is 18.3 Å². The molecule has 0 aromatic carbocycles. The molecule has 0 atom stereocenters. The Morgan fingerprint density at radius 3 is 2.89 bits per heavy atom. The van der Waals surface area contributed by atoms with E-state index in [9.17, 15) is 0 Å². The van der Waals surface area contributed by atoms with Crippen LogP contribution < -0.4 is 0 Å². The first kappa shape index (κ1) is 8.12. The molecule has 0 amide bonds. The lowest BCUT2D eigenvalue weighted by molar-refractivity contribution is 1.02. The van der Waals surface area contributed by atoms with Gasteiger partial charge in [-0.1, -0.05) is 0 Å². The Morgan fingerprint density at radius 2 is 2.44 bits per heavy atom. The molecule has 0 radical (unpaired) electrons. The van der Waals surface area contributed by atoms with Gasteiger partial charge in [0.1, 0.15) is 0 Å². The molecule has 0 aliphatic carbocycles. The van der Waals surface area contributed by atoms with Gasteiger partial charge in [-0.2, -0.15) is 5.26 Å². The van der Waals surface area contributed by atoms with Gasteiger partial charge in [0.25, 0.3) is 0 Å². The van der Waals surface area contributed by atoms with Crippen molar-refractivity contribution in [2.24, 2.45) is 9.98 Å². The molecule has 0 aliphatic rings. The van der Waals surface area contributed by atoms with Crippen LogP contribution in [-0.4, -0.2) is 18.6 Å². The zero-order valence-electron chi connectivity index (χ0n) is 4.84. The van der Waals surface area contributed by atoms with Gasteiger partial charge >= 0.3 is 0 Å². The van der Waals surface area contributed by atoms with Crippen LogP contribution in [0.4, 0.5) is 0 Å². The summed E-state index contributed by atoms with van der Waals surface area (Å²) in [5.74, 6) is 0. The standard InChI is InChI=1S/C5H6ClN3/c1-8-5(6)9-4-2-3-7/h1-2,4H2. The summed E-state index contributed by atoms with van der Waals surface area (Å²) in [7, 11) is 0. The summed E-state index contributed by atoms with van der Waals surface area (Å²) >= 11 is 5.31. The summed E-state index contributed by atoms with van der Waals surface area (Å²) in [5.41, 5.74) is 0. The van der Waals surface area contributed by atoms with E-state index in [0.29, 0.717) is 13.0 Å². The van der Waals surface area contributed by atoms with E-state index in [1.54, 1.807) is 0 Å². The maximum absolute atomic E-state index is 8.04. The highest BCUT2D eigenvalue weighted by Gasteiger charge is 1.83. The van der Waals surface area contributed by atoms with Gasteiger partial charge in [0.05, 0.1) is 19.0 Å². The van der Waals surface area contributed by atoms with Gasteiger partial charge in [0.15, 0.2) is 0 Å². The number of rotatable bonds is 2. The Morgan fingerprint density at radius 1 is 1.78 bits per heavy atom.